The number of likely N-dealkylation sites (tertiary alicyclic amines) is 1. The van der Waals surface area contributed by atoms with Crippen molar-refractivity contribution in [3.8, 4) is 0 Å². The van der Waals surface area contributed by atoms with E-state index in [1.807, 2.05) is 4.90 Å². The van der Waals surface area contributed by atoms with Gasteiger partial charge in [0.1, 0.15) is 0 Å². The lowest BCUT2D eigenvalue weighted by Gasteiger charge is -2.39. The van der Waals surface area contributed by atoms with E-state index < -0.39 is 4.92 Å². The van der Waals surface area contributed by atoms with Crippen molar-refractivity contribution < 1.29 is 14.5 Å². The molecule has 0 bridgehead atoms. The van der Waals surface area contributed by atoms with Crippen molar-refractivity contribution in [1.82, 2.24) is 9.80 Å². The summed E-state index contributed by atoms with van der Waals surface area (Å²) in [7, 11) is 0. The number of hydrogen-bond donors (Lipinski definition) is 0. The normalized spacial score (nSPS) is 20.8. The Bertz CT molecular complexity index is 683. The van der Waals surface area contributed by atoms with Gasteiger partial charge in [-0.1, -0.05) is 0 Å². The minimum atomic E-state index is -0.408. The summed E-state index contributed by atoms with van der Waals surface area (Å²) in [5, 5.41) is 10.7. The largest absolute Gasteiger partial charge is 0.368 e. The van der Waals surface area contributed by atoms with Crippen molar-refractivity contribution in [1.29, 1.82) is 0 Å². The molecule has 1 aromatic carbocycles. The number of piperidine rings is 1. The number of hydrogen-bond acceptors (Lipinski definition) is 5. The molecule has 0 saturated carbocycles. The fourth-order valence-electron chi connectivity index (χ4n) is 3.69. The van der Waals surface area contributed by atoms with Crippen LogP contribution in [0.2, 0.25) is 0 Å². The number of benzene rings is 1. The smallest absolute Gasteiger partial charge is 0.269 e. The highest BCUT2D eigenvalue weighted by Crippen LogP contribution is 2.23. The molecule has 2 heterocycles. The Hall–Kier alpha value is -2.64. The van der Waals surface area contributed by atoms with Crippen molar-refractivity contribution in [3.63, 3.8) is 0 Å². The van der Waals surface area contributed by atoms with Gasteiger partial charge in [-0.25, -0.2) is 0 Å². The Kier molecular flexibility index (Phi) is 5.39. The molecule has 2 aliphatic heterocycles. The molecule has 1 aromatic rings. The van der Waals surface area contributed by atoms with Gasteiger partial charge in [0, 0.05) is 64.0 Å². The van der Waals surface area contributed by atoms with Crippen LogP contribution in [0.3, 0.4) is 0 Å². The first-order valence-corrected chi connectivity index (χ1v) is 8.99. The highest BCUT2D eigenvalue weighted by Gasteiger charge is 2.31. The van der Waals surface area contributed by atoms with Gasteiger partial charge < -0.3 is 14.7 Å². The van der Waals surface area contributed by atoms with Crippen LogP contribution in [0.25, 0.3) is 0 Å². The van der Waals surface area contributed by atoms with Crippen LogP contribution in [0.4, 0.5) is 11.4 Å². The molecule has 140 valence electrons. The molecule has 0 radical (unpaired) electrons. The molecule has 1 atom stereocenters. The predicted octanol–water partition coefficient (Wildman–Crippen LogP) is 1.50. The first-order valence-electron chi connectivity index (χ1n) is 8.99. The van der Waals surface area contributed by atoms with Crippen LogP contribution in [-0.4, -0.2) is 65.8 Å². The standard InChI is InChI=1S/C18H24N4O4/c1-14(23)21-8-2-3-15(13-21)18(24)20-11-9-19(10-12-20)16-4-6-17(7-5-16)22(25)26/h4-7,15H,2-3,8-13H2,1H3/t15-/m0/s1. The molecule has 8 heteroatoms. The molecule has 0 spiro atoms. The summed E-state index contributed by atoms with van der Waals surface area (Å²) in [6.45, 7) is 5.48. The van der Waals surface area contributed by atoms with E-state index in [2.05, 4.69) is 4.90 Å². The van der Waals surface area contributed by atoms with E-state index in [1.54, 1.807) is 24.0 Å². The van der Waals surface area contributed by atoms with Gasteiger partial charge in [-0.2, -0.15) is 0 Å². The molecular weight excluding hydrogens is 336 g/mol. The van der Waals surface area contributed by atoms with Gasteiger partial charge in [-0.15, -0.1) is 0 Å². The molecular formula is C18H24N4O4. The number of carbonyl (C=O) groups is 2. The van der Waals surface area contributed by atoms with Crippen LogP contribution in [-0.2, 0) is 9.59 Å². The van der Waals surface area contributed by atoms with E-state index >= 15 is 0 Å². The summed E-state index contributed by atoms with van der Waals surface area (Å²) in [5.74, 6) is 0.0726. The summed E-state index contributed by atoms with van der Waals surface area (Å²) in [5.41, 5.74) is 1.01. The fraction of sp³-hybridized carbons (Fsp3) is 0.556. The summed E-state index contributed by atoms with van der Waals surface area (Å²) in [6, 6.07) is 6.51. The summed E-state index contributed by atoms with van der Waals surface area (Å²) < 4.78 is 0. The zero-order chi connectivity index (χ0) is 18.7. The molecule has 0 N–H and O–H groups in total. The molecule has 2 saturated heterocycles. The lowest BCUT2D eigenvalue weighted by atomic mass is 9.96. The molecule has 0 unspecified atom stereocenters. The maximum absolute atomic E-state index is 12.8. The fourth-order valence-corrected chi connectivity index (χ4v) is 3.69. The zero-order valence-corrected chi connectivity index (χ0v) is 15.0. The van der Waals surface area contributed by atoms with Gasteiger partial charge in [0.25, 0.3) is 5.69 Å². The number of rotatable bonds is 3. The van der Waals surface area contributed by atoms with Gasteiger partial charge in [0.2, 0.25) is 11.8 Å². The molecule has 8 nitrogen and oxygen atoms in total. The second-order valence-corrected chi connectivity index (χ2v) is 6.89. The Morgan fingerprint density at radius 3 is 2.27 bits per heavy atom. The third-order valence-electron chi connectivity index (χ3n) is 5.23. The lowest BCUT2D eigenvalue weighted by Crippen LogP contribution is -2.53. The first kappa shape index (κ1) is 18.2. The third kappa shape index (κ3) is 3.95. The molecule has 0 aromatic heterocycles. The Labute approximate surface area is 152 Å². The maximum atomic E-state index is 12.8. The van der Waals surface area contributed by atoms with Crippen LogP contribution in [0.15, 0.2) is 24.3 Å². The number of piperazine rings is 1. The average molecular weight is 360 g/mol. The number of amides is 2. The number of non-ortho nitro benzene ring substituents is 1. The predicted molar refractivity (Wildman–Crippen MR) is 96.9 cm³/mol. The zero-order valence-electron chi connectivity index (χ0n) is 15.0. The number of nitro benzene ring substituents is 1. The molecule has 0 aliphatic carbocycles. The van der Waals surface area contributed by atoms with Crippen molar-refractivity contribution in [2.75, 3.05) is 44.2 Å². The van der Waals surface area contributed by atoms with E-state index in [4.69, 9.17) is 0 Å². The SMILES string of the molecule is CC(=O)N1CCC[C@H](C(=O)N2CCN(c3ccc([N+](=O)[O-])cc3)CC2)C1. The topological polar surface area (TPSA) is 87.0 Å². The summed E-state index contributed by atoms with van der Waals surface area (Å²) in [6.07, 6.45) is 1.71. The molecule has 26 heavy (non-hydrogen) atoms. The molecule has 2 amide bonds. The van der Waals surface area contributed by atoms with E-state index in [9.17, 15) is 19.7 Å². The van der Waals surface area contributed by atoms with E-state index in [0.717, 1.165) is 25.1 Å². The Morgan fingerprint density at radius 2 is 1.69 bits per heavy atom. The van der Waals surface area contributed by atoms with Crippen molar-refractivity contribution in [2.45, 2.75) is 19.8 Å². The van der Waals surface area contributed by atoms with Gasteiger partial charge in [0.15, 0.2) is 0 Å². The van der Waals surface area contributed by atoms with Gasteiger partial charge >= 0.3 is 0 Å². The Morgan fingerprint density at radius 1 is 1.04 bits per heavy atom. The van der Waals surface area contributed by atoms with Gasteiger partial charge in [-0.3, -0.25) is 19.7 Å². The maximum Gasteiger partial charge on any atom is 0.269 e. The van der Waals surface area contributed by atoms with Crippen molar-refractivity contribution in [3.05, 3.63) is 34.4 Å². The first-order chi connectivity index (χ1) is 12.5. The highest BCUT2D eigenvalue weighted by atomic mass is 16.6. The van der Waals surface area contributed by atoms with Crippen LogP contribution in [0, 0.1) is 16.0 Å². The van der Waals surface area contributed by atoms with Gasteiger partial charge in [0.05, 0.1) is 10.8 Å². The number of nitrogens with zero attached hydrogens (tertiary/aromatic N) is 4. The van der Waals surface area contributed by atoms with Crippen molar-refractivity contribution in [2.24, 2.45) is 5.92 Å². The second kappa shape index (κ2) is 7.72. The van der Waals surface area contributed by atoms with Crippen molar-refractivity contribution >= 4 is 23.2 Å². The number of carbonyl (C=O) groups excluding carboxylic acids is 2. The molecule has 2 aliphatic rings. The third-order valence-corrected chi connectivity index (χ3v) is 5.23. The van der Waals surface area contributed by atoms with Crippen LogP contribution in [0.5, 0.6) is 0 Å². The van der Waals surface area contributed by atoms with Crippen LogP contribution < -0.4 is 4.90 Å². The summed E-state index contributed by atoms with van der Waals surface area (Å²) >= 11 is 0. The van der Waals surface area contributed by atoms with E-state index in [-0.39, 0.29) is 23.4 Å². The Balaban J connectivity index is 1.55. The second-order valence-electron chi connectivity index (χ2n) is 6.89. The number of anilines is 1. The average Bonchev–Trinajstić information content (AvgIpc) is 2.67. The minimum absolute atomic E-state index is 0.0329. The van der Waals surface area contributed by atoms with Gasteiger partial charge in [-0.05, 0) is 25.0 Å². The lowest BCUT2D eigenvalue weighted by molar-refractivity contribution is -0.384. The quantitative estimate of drug-likeness (QED) is 0.602. The van der Waals surface area contributed by atoms with Crippen LogP contribution in [0.1, 0.15) is 19.8 Å². The van der Waals surface area contributed by atoms with E-state index in [0.29, 0.717) is 32.7 Å². The van der Waals surface area contributed by atoms with E-state index in [1.165, 1.54) is 12.1 Å². The van der Waals surface area contributed by atoms with Crippen LogP contribution >= 0.6 is 0 Å². The summed E-state index contributed by atoms with van der Waals surface area (Å²) in [4.78, 5) is 40.5. The number of nitro groups is 1. The monoisotopic (exact) mass is 360 g/mol. The molecule has 2 fully saturated rings. The minimum Gasteiger partial charge on any atom is -0.368 e. The highest BCUT2D eigenvalue weighted by molar-refractivity contribution is 5.81. The molecule has 3 rings (SSSR count).